The lowest BCUT2D eigenvalue weighted by atomic mass is 10.2. The normalized spacial score (nSPS) is 13.9. The van der Waals surface area contributed by atoms with Crippen LogP contribution in [0.4, 0.5) is 11.5 Å². The lowest BCUT2D eigenvalue weighted by molar-refractivity contribution is -0.384. The van der Waals surface area contributed by atoms with Gasteiger partial charge in [-0.15, -0.1) is 0 Å². The van der Waals surface area contributed by atoms with Gasteiger partial charge in [0.2, 0.25) is 5.82 Å². The third-order valence-corrected chi connectivity index (χ3v) is 3.15. The van der Waals surface area contributed by atoms with Crippen LogP contribution in [0.25, 0.3) is 0 Å². The monoisotopic (exact) mass is 279 g/mol. The number of aromatic nitrogens is 1. The molecule has 0 saturated heterocycles. The van der Waals surface area contributed by atoms with Crippen LogP contribution < -0.4 is 4.90 Å². The molecule has 0 amide bonds. The lowest BCUT2D eigenvalue weighted by Gasteiger charge is -2.22. The van der Waals surface area contributed by atoms with E-state index in [4.69, 9.17) is 4.74 Å². The van der Waals surface area contributed by atoms with Gasteiger partial charge in [0.15, 0.2) is 0 Å². The van der Waals surface area contributed by atoms with Gasteiger partial charge in [0, 0.05) is 17.8 Å². The average molecular weight is 279 g/mol. The van der Waals surface area contributed by atoms with Crippen molar-refractivity contribution in [3.63, 3.8) is 0 Å². The summed E-state index contributed by atoms with van der Waals surface area (Å²) in [6.45, 7) is 3.68. The third kappa shape index (κ3) is 3.04. The smallest absolute Gasteiger partial charge is 0.325 e. The summed E-state index contributed by atoms with van der Waals surface area (Å²) in [5.74, 6) is -0.137. The van der Waals surface area contributed by atoms with Crippen LogP contribution in [0.1, 0.15) is 25.3 Å². The zero-order valence-electron chi connectivity index (χ0n) is 11.5. The predicted octanol–water partition coefficient (Wildman–Crippen LogP) is 1.83. The molecule has 1 aliphatic carbocycles. The van der Waals surface area contributed by atoms with Crippen molar-refractivity contribution in [2.24, 2.45) is 0 Å². The second-order valence-corrected chi connectivity index (χ2v) is 4.72. The van der Waals surface area contributed by atoms with Crippen molar-refractivity contribution in [3.8, 4) is 0 Å². The molecule has 1 aromatic rings. The van der Waals surface area contributed by atoms with Gasteiger partial charge >= 0.3 is 11.7 Å². The molecule has 0 unspecified atom stereocenters. The van der Waals surface area contributed by atoms with Crippen LogP contribution in [-0.2, 0) is 9.53 Å². The molecule has 1 fully saturated rings. The summed E-state index contributed by atoms with van der Waals surface area (Å²) < 4.78 is 4.92. The molecule has 20 heavy (non-hydrogen) atoms. The molecule has 2 rings (SSSR count). The number of carbonyl (C=O) groups is 1. The van der Waals surface area contributed by atoms with Crippen molar-refractivity contribution in [3.05, 3.63) is 27.9 Å². The molecule has 0 radical (unpaired) electrons. The number of hydrogen-bond acceptors (Lipinski definition) is 6. The summed E-state index contributed by atoms with van der Waals surface area (Å²) in [5.41, 5.74) is 0.498. The standard InChI is InChI=1S/C13H17N3O4/c1-3-20-11(17)8-15(10-4-5-10)13-12(16(18)19)9(2)6-7-14-13/h6-7,10H,3-5,8H2,1-2H3. The van der Waals surface area contributed by atoms with E-state index in [1.54, 1.807) is 24.8 Å². The minimum Gasteiger partial charge on any atom is -0.465 e. The largest absolute Gasteiger partial charge is 0.465 e. The van der Waals surface area contributed by atoms with E-state index in [1.165, 1.54) is 6.20 Å². The molecule has 1 saturated carbocycles. The zero-order chi connectivity index (χ0) is 14.7. The highest BCUT2D eigenvalue weighted by Crippen LogP contribution is 2.36. The second kappa shape index (κ2) is 5.85. The van der Waals surface area contributed by atoms with Crippen molar-refractivity contribution in [1.29, 1.82) is 0 Å². The van der Waals surface area contributed by atoms with Crippen LogP contribution in [0.2, 0.25) is 0 Å². The number of esters is 1. The first-order chi connectivity index (χ1) is 9.54. The van der Waals surface area contributed by atoms with Gasteiger partial charge in [0.05, 0.1) is 11.5 Å². The molecule has 7 heteroatoms. The van der Waals surface area contributed by atoms with E-state index in [9.17, 15) is 14.9 Å². The molecule has 0 N–H and O–H groups in total. The van der Waals surface area contributed by atoms with Gasteiger partial charge in [-0.2, -0.15) is 0 Å². The SMILES string of the molecule is CCOC(=O)CN(c1nccc(C)c1[N+](=O)[O-])C1CC1. The van der Waals surface area contributed by atoms with Gasteiger partial charge in [-0.1, -0.05) is 0 Å². The molecule has 7 nitrogen and oxygen atoms in total. The molecule has 0 aliphatic heterocycles. The minimum absolute atomic E-state index is 0.00417. The first-order valence-corrected chi connectivity index (χ1v) is 6.56. The maximum absolute atomic E-state index is 11.7. The maximum atomic E-state index is 11.7. The van der Waals surface area contributed by atoms with E-state index >= 15 is 0 Å². The van der Waals surface area contributed by atoms with Gasteiger partial charge < -0.3 is 9.64 Å². The summed E-state index contributed by atoms with van der Waals surface area (Å²) in [4.78, 5) is 28.2. The third-order valence-electron chi connectivity index (χ3n) is 3.15. The number of anilines is 1. The van der Waals surface area contributed by atoms with E-state index in [0.29, 0.717) is 12.2 Å². The maximum Gasteiger partial charge on any atom is 0.325 e. The Morgan fingerprint density at radius 2 is 2.30 bits per heavy atom. The van der Waals surface area contributed by atoms with Crippen LogP contribution in [0, 0.1) is 17.0 Å². The number of nitro groups is 1. The lowest BCUT2D eigenvalue weighted by Crippen LogP contribution is -2.34. The number of rotatable bonds is 6. The summed E-state index contributed by atoms with van der Waals surface area (Å²) >= 11 is 0. The number of pyridine rings is 1. The minimum atomic E-state index is -0.446. The van der Waals surface area contributed by atoms with Crippen molar-refractivity contribution >= 4 is 17.5 Å². The number of hydrogen-bond donors (Lipinski definition) is 0. The van der Waals surface area contributed by atoms with Gasteiger partial charge in [0.1, 0.15) is 6.54 Å². The van der Waals surface area contributed by atoms with Gasteiger partial charge in [-0.25, -0.2) is 4.98 Å². The molecule has 108 valence electrons. The Kier molecular flexibility index (Phi) is 4.16. The van der Waals surface area contributed by atoms with Crippen LogP contribution in [-0.4, -0.2) is 35.1 Å². The summed E-state index contributed by atoms with van der Waals surface area (Å²) in [7, 11) is 0. The molecular weight excluding hydrogens is 262 g/mol. The fraction of sp³-hybridized carbons (Fsp3) is 0.538. The summed E-state index contributed by atoms with van der Waals surface area (Å²) in [6.07, 6.45) is 3.34. The number of aryl methyl sites for hydroxylation is 1. The first-order valence-electron chi connectivity index (χ1n) is 6.56. The molecule has 1 aromatic heterocycles. The summed E-state index contributed by atoms with van der Waals surface area (Å²) in [5, 5.41) is 11.2. The van der Waals surface area contributed by atoms with E-state index in [1.807, 2.05) is 0 Å². The number of carbonyl (C=O) groups excluding carboxylic acids is 1. The van der Waals surface area contributed by atoms with Crippen molar-refractivity contribution in [1.82, 2.24) is 4.98 Å². The van der Waals surface area contributed by atoms with E-state index in [-0.39, 0.29) is 24.1 Å². The van der Waals surface area contributed by atoms with Gasteiger partial charge in [0.25, 0.3) is 0 Å². The van der Waals surface area contributed by atoms with Crippen molar-refractivity contribution in [2.75, 3.05) is 18.1 Å². The molecular formula is C13H17N3O4. The number of nitrogens with zero attached hydrogens (tertiary/aromatic N) is 3. The van der Waals surface area contributed by atoms with Crippen LogP contribution >= 0.6 is 0 Å². The second-order valence-electron chi connectivity index (χ2n) is 4.72. The van der Waals surface area contributed by atoms with Crippen LogP contribution in [0.3, 0.4) is 0 Å². The Bertz CT molecular complexity index is 528. The van der Waals surface area contributed by atoms with Crippen molar-refractivity contribution < 1.29 is 14.5 Å². The van der Waals surface area contributed by atoms with Gasteiger partial charge in [-0.05, 0) is 32.8 Å². The number of ether oxygens (including phenoxy) is 1. The van der Waals surface area contributed by atoms with E-state index < -0.39 is 10.9 Å². The fourth-order valence-electron chi connectivity index (χ4n) is 2.08. The van der Waals surface area contributed by atoms with Crippen LogP contribution in [0.5, 0.6) is 0 Å². The molecule has 1 heterocycles. The fourth-order valence-corrected chi connectivity index (χ4v) is 2.08. The van der Waals surface area contributed by atoms with Crippen molar-refractivity contribution in [2.45, 2.75) is 32.7 Å². The van der Waals surface area contributed by atoms with E-state index in [0.717, 1.165) is 12.8 Å². The zero-order valence-corrected chi connectivity index (χ0v) is 11.5. The highest BCUT2D eigenvalue weighted by Gasteiger charge is 2.36. The summed E-state index contributed by atoms with van der Waals surface area (Å²) in [6, 6.07) is 1.73. The predicted molar refractivity (Wildman–Crippen MR) is 72.6 cm³/mol. The molecule has 0 aromatic carbocycles. The van der Waals surface area contributed by atoms with Crippen LogP contribution in [0.15, 0.2) is 12.3 Å². The molecule has 0 bridgehead atoms. The Labute approximate surface area is 116 Å². The van der Waals surface area contributed by atoms with Gasteiger partial charge in [-0.3, -0.25) is 14.9 Å². The Balaban J connectivity index is 2.32. The highest BCUT2D eigenvalue weighted by molar-refractivity contribution is 5.77. The molecule has 0 atom stereocenters. The average Bonchev–Trinajstić information content (AvgIpc) is 3.19. The highest BCUT2D eigenvalue weighted by atomic mass is 16.6. The Morgan fingerprint density at radius 1 is 1.60 bits per heavy atom. The topological polar surface area (TPSA) is 85.6 Å². The Morgan fingerprint density at radius 3 is 2.85 bits per heavy atom. The first kappa shape index (κ1) is 14.2. The van der Waals surface area contributed by atoms with E-state index in [2.05, 4.69) is 4.98 Å². The molecule has 1 aliphatic rings. The Hall–Kier alpha value is -2.18. The quantitative estimate of drug-likeness (QED) is 0.448. The molecule has 0 spiro atoms.